The standard InChI is InChI=1S/C17H18ClN3/c1-12-6-8-13(9-7-12)19-11-10-16-20-15-5-3-4-14(18)17(15)21(16)2/h3-9,19H,10-11H2,1-2H3. The molecule has 0 aliphatic rings. The van der Waals surface area contributed by atoms with E-state index in [-0.39, 0.29) is 0 Å². The van der Waals surface area contributed by atoms with Crippen molar-refractivity contribution in [3.63, 3.8) is 0 Å². The number of aromatic nitrogens is 2. The Morgan fingerprint density at radius 3 is 2.62 bits per heavy atom. The number of anilines is 1. The van der Waals surface area contributed by atoms with E-state index in [9.17, 15) is 0 Å². The summed E-state index contributed by atoms with van der Waals surface area (Å²) in [6, 6.07) is 14.3. The fourth-order valence-electron chi connectivity index (χ4n) is 2.48. The highest BCUT2D eigenvalue weighted by Gasteiger charge is 2.09. The van der Waals surface area contributed by atoms with Crippen LogP contribution in [0.2, 0.25) is 5.02 Å². The van der Waals surface area contributed by atoms with Crippen molar-refractivity contribution in [2.45, 2.75) is 13.3 Å². The van der Waals surface area contributed by atoms with Crippen molar-refractivity contribution in [2.75, 3.05) is 11.9 Å². The second kappa shape index (κ2) is 5.78. The highest BCUT2D eigenvalue weighted by molar-refractivity contribution is 6.35. The SMILES string of the molecule is Cc1ccc(NCCc2nc3cccc(Cl)c3n2C)cc1. The van der Waals surface area contributed by atoms with Gasteiger partial charge in [-0.2, -0.15) is 0 Å². The van der Waals surface area contributed by atoms with Gasteiger partial charge in [-0.3, -0.25) is 0 Å². The number of para-hydroxylation sites is 1. The zero-order chi connectivity index (χ0) is 14.8. The normalized spacial score (nSPS) is 11.0. The first-order chi connectivity index (χ1) is 10.1. The summed E-state index contributed by atoms with van der Waals surface area (Å²) < 4.78 is 2.08. The van der Waals surface area contributed by atoms with Gasteiger partial charge in [0.15, 0.2) is 0 Å². The summed E-state index contributed by atoms with van der Waals surface area (Å²) in [5.41, 5.74) is 4.36. The van der Waals surface area contributed by atoms with E-state index in [1.807, 2.05) is 25.2 Å². The molecule has 108 valence electrons. The van der Waals surface area contributed by atoms with E-state index >= 15 is 0 Å². The molecular weight excluding hydrogens is 282 g/mol. The first-order valence-corrected chi connectivity index (χ1v) is 7.43. The van der Waals surface area contributed by atoms with E-state index in [0.717, 1.165) is 40.5 Å². The van der Waals surface area contributed by atoms with E-state index in [0.29, 0.717) is 0 Å². The summed E-state index contributed by atoms with van der Waals surface area (Å²) in [6.45, 7) is 2.94. The number of halogens is 1. The molecule has 1 heterocycles. The summed E-state index contributed by atoms with van der Waals surface area (Å²) in [6.07, 6.45) is 0.857. The lowest BCUT2D eigenvalue weighted by atomic mass is 10.2. The molecular formula is C17H18ClN3. The summed E-state index contributed by atoms with van der Waals surface area (Å²) in [7, 11) is 2.02. The van der Waals surface area contributed by atoms with Gasteiger partial charge in [0.1, 0.15) is 5.82 Å². The number of fused-ring (bicyclic) bond motifs is 1. The topological polar surface area (TPSA) is 29.9 Å². The number of nitrogens with zero attached hydrogens (tertiary/aromatic N) is 2. The number of rotatable bonds is 4. The van der Waals surface area contributed by atoms with Gasteiger partial charge in [0, 0.05) is 25.7 Å². The molecule has 0 unspecified atom stereocenters. The second-order valence-electron chi connectivity index (χ2n) is 5.24. The summed E-state index contributed by atoms with van der Waals surface area (Å²) in [4.78, 5) is 4.66. The molecule has 0 spiro atoms. The largest absolute Gasteiger partial charge is 0.385 e. The lowest BCUT2D eigenvalue weighted by Crippen LogP contribution is -2.08. The maximum Gasteiger partial charge on any atom is 0.111 e. The smallest absolute Gasteiger partial charge is 0.111 e. The lowest BCUT2D eigenvalue weighted by molar-refractivity contribution is 0.808. The molecule has 0 saturated heterocycles. The minimum absolute atomic E-state index is 0.750. The minimum Gasteiger partial charge on any atom is -0.385 e. The summed E-state index contributed by atoms with van der Waals surface area (Å²) >= 11 is 6.24. The molecule has 0 saturated carbocycles. The van der Waals surface area contributed by atoms with Gasteiger partial charge in [-0.05, 0) is 31.2 Å². The van der Waals surface area contributed by atoms with Crippen LogP contribution in [0.5, 0.6) is 0 Å². The quantitative estimate of drug-likeness (QED) is 0.783. The summed E-state index contributed by atoms with van der Waals surface area (Å²) in [5.74, 6) is 1.04. The van der Waals surface area contributed by atoms with Crippen molar-refractivity contribution in [3.8, 4) is 0 Å². The maximum atomic E-state index is 6.24. The van der Waals surface area contributed by atoms with Gasteiger partial charge in [0.25, 0.3) is 0 Å². The van der Waals surface area contributed by atoms with Crippen LogP contribution < -0.4 is 5.32 Å². The van der Waals surface area contributed by atoms with Crippen LogP contribution in [-0.4, -0.2) is 16.1 Å². The molecule has 4 heteroatoms. The average molecular weight is 300 g/mol. The van der Waals surface area contributed by atoms with Crippen LogP contribution in [0.15, 0.2) is 42.5 Å². The Balaban J connectivity index is 1.72. The molecule has 21 heavy (non-hydrogen) atoms. The number of hydrogen-bond acceptors (Lipinski definition) is 2. The van der Waals surface area contributed by atoms with E-state index in [2.05, 4.69) is 46.1 Å². The number of nitrogens with one attached hydrogen (secondary N) is 1. The number of aryl methyl sites for hydroxylation is 2. The van der Waals surface area contributed by atoms with Crippen LogP contribution in [0.3, 0.4) is 0 Å². The third-order valence-corrected chi connectivity index (χ3v) is 3.97. The molecule has 0 fully saturated rings. The van der Waals surface area contributed by atoms with E-state index in [1.165, 1.54) is 5.56 Å². The Labute approximate surface area is 129 Å². The molecule has 1 aromatic heterocycles. The van der Waals surface area contributed by atoms with Crippen molar-refractivity contribution >= 4 is 28.3 Å². The number of imidazole rings is 1. The second-order valence-corrected chi connectivity index (χ2v) is 5.64. The van der Waals surface area contributed by atoms with Crippen molar-refractivity contribution in [2.24, 2.45) is 7.05 Å². The Morgan fingerprint density at radius 1 is 1.14 bits per heavy atom. The molecule has 0 aliphatic carbocycles. The molecule has 3 aromatic rings. The molecule has 1 N–H and O–H groups in total. The van der Waals surface area contributed by atoms with Crippen LogP contribution in [0.25, 0.3) is 11.0 Å². The predicted molar refractivity (Wildman–Crippen MR) is 89.1 cm³/mol. The first-order valence-electron chi connectivity index (χ1n) is 7.05. The lowest BCUT2D eigenvalue weighted by Gasteiger charge is -2.07. The Bertz CT molecular complexity index is 760. The van der Waals surface area contributed by atoms with Crippen LogP contribution in [0.4, 0.5) is 5.69 Å². The van der Waals surface area contributed by atoms with Crippen LogP contribution >= 0.6 is 11.6 Å². The van der Waals surface area contributed by atoms with Crippen molar-refractivity contribution < 1.29 is 0 Å². The number of benzene rings is 2. The molecule has 0 aliphatic heterocycles. The highest BCUT2D eigenvalue weighted by Crippen LogP contribution is 2.23. The third kappa shape index (κ3) is 2.88. The van der Waals surface area contributed by atoms with Crippen molar-refractivity contribution in [1.29, 1.82) is 0 Å². The van der Waals surface area contributed by atoms with Gasteiger partial charge in [-0.15, -0.1) is 0 Å². The monoisotopic (exact) mass is 299 g/mol. The van der Waals surface area contributed by atoms with Gasteiger partial charge in [-0.25, -0.2) is 4.98 Å². The van der Waals surface area contributed by atoms with Gasteiger partial charge >= 0.3 is 0 Å². The van der Waals surface area contributed by atoms with Gasteiger partial charge < -0.3 is 9.88 Å². The molecule has 3 rings (SSSR count). The van der Waals surface area contributed by atoms with Crippen molar-refractivity contribution in [3.05, 3.63) is 58.9 Å². The van der Waals surface area contributed by atoms with Crippen LogP contribution in [0, 0.1) is 6.92 Å². The van der Waals surface area contributed by atoms with Gasteiger partial charge in [0.05, 0.1) is 16.1 Å². The Hall–Kier alpha value is -2.00. The summed E-state index contributed by atoms with van der Waals surface area (Å²) in [5, 5.41) is 4.17. The minimum atomic E-state index is 0.750. The van der Waals surface area contributed by atoms with Crippen LogP contribution in [-0.2, 0) is 13.5 Å². The molecule has 0 bridgehead atoms. The van der Waals surface area contributed by atoms with Crippen molar-refractivity contribution in [1.82, 2.24) is 9.55 Å². The van der Waals surface area contributed by atoms with E-state index in [4.69, 9.17) is 11.6 Å². The third-order valence-electron chi connectivity index (χ3n) is 3.67. The fraction of sp³-hybridized carbons (Fsp3) is 0.235. The number of hydrogen-bond donors (Lipinski definition) is 1. The van der Waals surface area contributed by atoms with Gasteiger partial charge in [-0.1, -0.05) is 35.4 Å². The van der Waals surface area contributed by atoms with Gasteiger partial charge in [0.2, 0.25) is 0 Å². The molecule has 0 atom stereocenters. The Kier molecular flexibility index (Phi) is 3.84. The first kappa shape index (κ1) is 14.0. The predicted octanol–water partition coefficient (Wildman–Crippen LogP) is 4.19. The van der Waals surface area contributed by atoms with E-state index in [1.54, 1.807) is 0 Å². The van der Waals surface area contributed by atoms with E-state index < -0.39 is 0 Å². The maximum absolute atomic E-state index is 6.24. The molecule has 3 nitrogen and oxygen atoms in total. The average Bonchev–Trinajstić information content (AvgIpc) is 2.79. The Morgan fingerprint density at radius 2 is 1.90 bits per heavy atom. The highest BCUT2D eigenvalue weighted by atomic mass is 35.5. The zero-order valence-corrected chi connectivity index (χ0v) is 13.0. The zero-order valence-electron chi connectivity index (χ0n) is 12.2. The molecule has 2 aromatic carbocycles. The van der Waals surface area contributed by atoms with Crippen LogP contribution in [0.1, 0.15) is 11.4 Å². The molecule has 0 amide bonds. The molecule has 0 radical (unpaired) electrons. The fourth-order valence-corrected chi connectivity index (χ4v) is 2.78.